The summed E-state index contributed by atoms with van der Waals surface area (Å²) in [5.41, 5.74) is 0. The van der Waals surface area contributed by atoms with Gasteiger partial charge in [0.2, 0.25) is 0 Å². The minimum Gasteiger partial charge on any atom is -0.462 e. The van der Waals surface area contributed by atoms with Gasteiger partial charge >= 0.3 is 17.9 Å². The molecule has 0 heterocycles. The smallest absolute Gasteiger partial charge is 0.306 e. The van der Waals surface area contributed by atoms with Crippen LogP contribution in [0, 0.1) is 0 Å². The quantitative estimate of drug-likeness (QED) is 0.0262. The third kappa shape index (κ3) is 55.8. The van der Waals surface area contributed by atoms with Crippen LogP contribution in [0.15, 0.2) is 158 Å². The second kappa shape index (κ2) is 57.6. The van der Waals surface area contributed by atoms with Crippen molar-refractivity contribution in [3.05, 3.63) is 158 Å². The van der Waals surface area contributed by atoms with Crippen LogP contribution in [0.4, 0.5) is 0 Å². The lowest BCUT2D eigenvalue weighted by atomic mass is 10.1. The van der Waals surface area contributed by atoms with E-state index in [0.29, 0.717) is 19.3 Å². The van der Waals surface area contributed by atoms with E-state index in [4.69, 9.17) is 14.2 Å². The lowest BCUT2D eigenvalue weighted by Gasteiger charge is -2.18. The van der Waals surface area contributed by atoms with E-state index in [0.717, 1.165) is 167 Å². The molecule has 0 saturated carbocycles. The fourth-order valence-electron chi connectivity index (χ4n) is 6.89. The normalized spacial score (nSPS) is 13.3. The Labute approximate surface area is 435 Å². The lowest BCUT2D eigenvalue weighted by molar-refractivity contribution is -0.167. The van der Waals surface area contributed by atoms with Crippen molar-refractivity contribution < 1.29 is 28.6 Å². The van der Waals surface area contributed by atoms with Crippen LogP contribution < -0.4 is 0 Å². The van der Waals surface area contributed by atoms with Crippen molar-refractivity contribution >= 4 is 17.9 Å². The third-order valence-corrected chi connectivity index (χ3v) is 11.0. The van der Waals surface area contributed by atoms with E-state index in [-0.39, 0.29) is 37.5 Å². The van der Waals surface area contributed by atoms with Crippen LogP contribution in [0.5, 0.6) is 0 Å². The fourth-order valence-corrected chi connectivity index (χ4v) is 6.89. The maximum absolute atomic E-state index is 12.7. The van der Waals surface area contributed by atoms with Crippen LogP contribution in [0.3, 0.4) is 0 Å². The van der Waals surface area contributed by atoms with Crippen molar-refractivity contribution in [1.29, 1.82) is 0 Å². The molecule has 1 atom stereocenters. The number of unbranched alkanes of at least 4 members (excludes halogenated alkanes) is 11. The molecule has 0 fully saturated rings. The molecule has 6 nitrogen and oxygen atoms in total. The van der Waals surface area contributed by atoms with Gasteiger partial charge in [-0.1, -0.05) is 224 Å². The zero-order valence-electron chi connectivity index (χ0n) is 45.2. The molecule has 0 spiro atoms. The van der Waals surface area contributed by atoms with E-state index in [9.17, 15) is 14.4 Å². The summed E-state index contributed by atoms with van der Waals surface area (Å²) in [6.07, 6.45) is 84.3. The Bertz CT molecular complexity index is 1640. The molecular weight excluding hydrogens is 877 g/mol. The third-order valence-electron chi connectivity index (χ3n) is 11.0. The number of hydrogen-bond donors (Lipinski definition) is 0. The summed E-state index contributed by atoms with van der Waals surface area (Å²) in [6, 6.07) is 0. The van der Waals surface area contributed by atoms with Gasteiger partial charge in [-0.3, -0.25) is 14.4 Å². The Morgan fingerprint density at radius 2 is 0.549 bits per heavy atom. The van der Waals surface area contributed by atoms with E-state index < -0.39 is 6.10 Å². The molecule has 0 amide bonds. The Kier molecular flexibility index (Phi) is 53.6. The predicted octanol–water partition coefficient (Wildman–Crippen LogP) is 19.0. The van der Waals surface area contributed by atoms with Crippen LogP contribution in [0.25, 0.3) is 0 Å². The van der Waals surface area contributed by atoms with Gasteiger partial charge in [0.25, 0.3) is 0 Å². The number of hydrogen-bond acceptors (Lipinski definition) is 6. The Balaban J connectivity index is 4.19. The van der Waals surface area contributed by atoms with E-state index in [1.165, 1.54) is 0 Å². The average molecular weight is 978 g/mol. The standard InChI is InChI=1S/C65H100O6/c1-4-7-10-13-15-17-19-21-23-24-25-26-27-28-29-30-31-32-33-34-35-36-37-38-39-40-42-43-45-47-49-52-55-58-64(67)70-61-62(60-69-63(66)57-54-51-12-9-6-3)71-65(68)59-56-53-50-48-46-44-41-22-20-18-16-14-11-8-5-2/h7-8,10-11,15-18,21-23,25-26,28-29,31-32,34-35,37-38,40-42,46,48,62H,4-6,9,12-14,19-20,24,27,30,33,36,39,43-45,47,49-61H2,1-3H3/b10-7-,11-8-,17-15-,18-16-,23-21-,26-25-,29-28-,32-31-,35-34-,38-37-,41-22-,42-40-,48-46-. The molecule has 0 bridgehead atoms. The molecule has 0 aliphatic rings. The summed E-state index contributed by atoms with van der Waals surface area (Å²) in [7, 11) is 0. The molecule has 0 radical (unpaired) electrons. The van der Waals surface area contributed by atoms with Crippen molar-refractivity contribution in [3.63, 3.8) is 0 Å². The molecule has 0 N–H and O–H groups in total. The summed E-state index contributed by atoms with van der Waals surface area (Å²) in [4.78, 5) is 37.7. The van der Waals surface area contributed by atoms with E-state index in [1.807, 2.05) is 0 Å². The molecule has 0 aliphatic heterocycles. The van der Waals surface area contributed by atoms with Gasteiger partial charge in [-0.2, -0.15) is 0 Å². The molecule has 0 saturated heterocycles. The molecule has 0 aromatic heterocycles. The second-order valence-electron chi connectivity index (χ2n) is 17.7. The Morgan fingerprint density at radius 3 is 0.887 bits per heavy atom. The number of carbonyl (C=O) groups excluding carboxylic acids is 3. The molecule has 0 aliphatic carbocycles. The number of rotatable bonds is 48. The van der Waals surface area contributed by atoms with Crippen LogP contribution in [-0.4, -0.2) is 37.2 Å². The van der Waals surface area contributed by atoms with E-state index >= 15 is 0 Å². The minimum absolute atomic E-state index is 0.108. The zero-order valence-corrected chi connectivity index (χ0v) is 45.2. The van der Waals surface area contributed by atoms with Crippen LogP contribution in [0.2, 0.25) is 0 Å². The van der Waals surface area contributed by atoms with Crippen molar-refractivity contribution in [3.8, 4) is 0 Å². The topological polar surface area (TPSA) is 78.9 Å². The lowest BCUT2D eigenvalue weighted by Crippen LogP contribution is -2.30. The first-order valence-corrected chi connectivity index (χ1v) is 28.0. The Morgan fingerprint density at radius 1 is 0.296 bits per heavy atom. The first-order chi connectivity index (χ1) is 35.0. The molecule has 0 rings (SSSR count). The molecule has 0 aromatic carbocycles. The summed E-state index contributed by atoms with van der Waals surface area (Å²) >= 11 is 0. The van der Waals surface area contributed by atoms with E-state index in [1.54, 1.807) is 0 Å². The van der Waals surface area contributed by atoms with Crippen molar-refractivity contribution in [2.24, 2.45) is 0 Å². The maximum Gasteiger partial charge on any atom is 0.306 e. The molecular formula is C65H100O6. The predicted molar refractivity (Wildman–Crippen MR) is 306 cm³/mol. The molecule has 396 valence electrons. The molecule has 0 aromatic rings. The van der Waals surface area contributed by atoms with Crippen molar-refractivity contribution in [2.75, 3.05) is 13.2 Å². The monoisotopic (exact) mass is 977 g/mol. The highest BCUT2D eigenvalue weighted by Crippen LogP contribution is 2.12. The van der Waals surface area contributed by atoms with Gasteiger partial charge in [-0.05, 0) is 128 Å². The number of allylic oxidation sites excluding steroid dienone is 26. The Hall–Kier alpha value is -4.97. The number of esters is 3. The molecule has 1 unspecified atom stereocenters. The number of carbonyl (C=O) groups is 3. The van der Waals surface area contributed by atoms with Gasteiger partial charge in [0.05, 0.1) is 0 Å². The summed E-state index contributed by atoms with van der Waals surface area (Å²) in [5.74, 6) is -0.997. The molecule has 6 heteroatoms. The zero-order chi connectivity index (χ0) is 51.4. The van der Waals surface area contributed by atoms with Crippen LogP contribution >= 0.6 is 0 Å². The summed E-state index contributed by atoms with van der Waals surface area (Å²) in [5, 5.41) is 0. The van der Waals surface area contributed by atoms with E-state index in [2.05, 4.69) is 179 Å². The van der Waals surface area contributed by atoms with Gasteiger partial charge in [-0.15, -0.1) is 0 Å². The first kappa shape index (κ1) is 66.0. The largest absolute Gasteiger partial charge is 0.462 e. The highest BCUT2D eigenvalue weighted by atomic mass is 16.6. The fraction of sp³-hybridized carbons (Fsp3) is 0.554. The highest BCUT2D eigenvalue weighted by molar-refractivity contribution is 5.71. The van der Waals surface area contributed by atoms with Crippen molar-refractivity contribution in [2.45, 2.75) is 219 Å². The van der Waals surface area contributed by atoms with Gasteiger partial charge in [0.15, 0.2) is 6.10 Å². The minimum atomic E-state index is -0.810. The summed E-state index contributed by atoms with van der Waals surface area (Å²) in [6.45, 7) is 6.24. The maximum atomic E-state index is 12.7. The van der Waals surface area contributed by atoms with Gasteiger partial charge in [0, 0.05) is 19.3 Å². The van der Waals surface area contributed by atoms with Crippen LogP contribution in [-0.2, 0) is 28.6 Å². The molecule has 71 heavy (non-hydrogen) atoms. The first-order valence-electron chi connectivity index (χ1n) is 28.0. The van der Waals surface area contributed by atoms with Gasteiger partial charge < -0.3 is 14.2 Å². The second-order valence-corrected chi connectivity index (χ2v) is 17.7. The van der Waals surface area contributed by atoms with Crippen LogP contribution in [0.1, 0.15) is 213 Å². The highest BCUT2D eigenvalue weighted by Gasteiger charge is 2.19. The summed E-state index contributed by atoms with van der Waals surface area (Å²) < 4.78 is 16.6. The van der Waals surface area contributed by atoms with Crippen molar-refractivity contribution in [1.82, 2.24) is 0 Å². The average Bonchev–Trinajstić information content (AvgIpc) is 3.37. The van der Waals surface area contributed by atoms with Gasteiger partial charge in [-0.25, -0.2) is 0 Å². The number of ether oxygens (including phenoxy) is 3. The SMILES string of the molecule is CC/C=C\C/C=C\C/C=C\C/C=C\C/C=C\C/C=C\C/C=C\C/C=C\C/C=C\CCCCCCCC(=O)OCC(COC(=O)CCCCCCC)OC(=O)CCCC/C=C\C/C=C\C/C=C\C/C=C\CC. The van der Waals surface area contributed by atoms with Gasteiger partial charge in [0.1, 0.15) is 13.2 Å².